The number of aliphatic hydroxyl groups is 1. The molecule has 0 aromatic heterocycles. The van der Waals surface area contributed by atoms with Gasteiger partial charge in [0.25, 0.3) is 0 Å². The average Bonchev–Trinajstić information content (AvgIpc) is 3.70. The maximum Gasteiger partial charge on any atom is 0.331 e. The van der Waals surface area contributed by atoms with Gasteiger partial charge in [-0.05, 0) is 68.1 Å². The molecule has 7 aliphatic rings. The van der Waals surface area contributed by atoms with Crippen LogP contribution < -0.4 is 33.7 Å². The Balaban J connectivity index is 1.28. The monoisotopic (exact) mass is 829 g/mol. The normalized spacial score (nSPS) is 27.7. The van der Waals surface area contributed by atoms with Crippen LogP contribution in [0, 0.1) is 13.8 Å². The third-order valence-electron chi connectivity index (χ3n) is 12.8. The minimum absolute atomic E-state index is 0.00630. The highest BCUT2D eigenvalue weighted by Crippen LogP contribution is 2.64. The first-order valence-electron chi connectivity index (χ1n) is 19.6. The molecular formula is C43H47N3O12S. The Kier molecular flexibility index (Phi) is 9.78. The van der Waals surface area contributed by atoms with Crippen molar-refractivity contribution in [2.24, 2.45) is 0 Å². The van der Waals surface area contributed by atoms with E-state index < -0.39 is 59.1 Å². The quantitative estimate of drug-likeness (QED) is 0.183. The van der Waals surface area contributed by atoms with Crippen molar-refractivity contribution in [3.63, 3.8) is 0 Å². The number of aryl methyl sites for hydroxylation is 1. The van der Waals surface area contributed by atoms with Gasteiger partial charge in [-0.25, -0.2) is 4.79 Å². The molecule has 16 heteroatoms. The summed E-state index contributed by atoms with van der Waals surface area (Å²) in [5.41, 5.74) is 4.16. The molecule has 1 spiro atoms. The molecular weight excluding hydrogens is 783 g/mol. The Morgan fingerprint density at radius 1 is 1.03 bits per heavy atom. The number of carbonyl (C=O) groups is 3. The first-order valence-corrected chi connectivity index (χ1v) is 20.7. The van der Waals surface area contributed by atoms with Crippen molar-refractivity contribution in [3.05, 3.63) is 75.4 Å². The maximum absolute atomic E-state index is 14.9. The van der Waals surface area contributed by atoms with Crippen molar-refractivity contribution < 1.29 is 57.8 Å². The number of fused-ring (bicyclic) bond motifs is 9. The first-order chi connectivity index (χ1) is 28.3. The van der Waals surface area contributed by atoms with E-state index in [2.05, 4.69) is 16.8 Å². The number of ether oxygens (including phenoxy) is 7. The van der Waals surface area contributed by atoms with Gasteiger partial charge in [0.2, 0.25) is 6.79 Å². The standard InChI is InChI=1S/C43H47N3O12S/c1-8-9-29(48)58-28-14-22-10-11-44-43(24(22)15-27(28)52-6)17-59-40-32-31(39-38(55-18-56-39)20(3)37(32)57-21(4)47)26(16-54-42(43)51)46-34(40)33-30-23(13-25(41(46)50)45(33)5)12-19(2)36(53-7)35(30)49/h8,12,14-15,25-26,33-34,40-41,44,49-50H,1,9-11,13,16-18H2,2-7H3/t25-,26-,33-,34?,40-,41+,43-/m1/s1. The molecule has 3 N–H and O–H groups in total. The number of methoxy groups -OCH3 is 2. The van der Waals surface area contributed by atoms with Crippen LogP contribution in [-0.2, 0) is 37.5 Å². The van der Waals surface area contributed by atoms with Crippen LogP contribution in [0.15, 0.2) is 30.9 Å². The van der Waals surface area contributed by atoms with Crippen molar-refractivity contribution in [1.82, 2.24) is 15.1 Å². The lowest BCUT2D eigenvalue weighted by Crippen LogP contribution is -2.70. The summed E-state index contributed by atoms with van der Waals surface area (Å²) in [7, 11) is 4.95. The molecule has 7 atom stereocenters. The number of benzene rings is 3. The van der Waals surface area contributed by atoms with Crippen LogP contribution in [0.5, 0.6) is 40.2 Å². The van der Waals surface area contributed by atoms with E-state index in [-0.39, 0.29) is 42.8 Å². The second kappa shape index (κ2) is 14.6. The van der Waals surface area contributed by atoms with Gasteiger partial charge < -0.3 is 43.4 Å². The predicted octanol–water partition coefficient (Wildman–Crippen LogP) is 4.19. The summed E-state index contributed by atoms with van der Waals surface area (Å²) in [5.74, 6) is 0.583. The number of phenols is 1. The molecule has 4 bridgehead atoms. The highest BCUT2D eigenvalue weighted by Gasteiger charge is 2.61. The van der Waals surface area contributed by atoms with Crippen molar-refractivity contribution in [2.45, 2.75) is 81.2 Å². The highest BCUT2D eigenvalue weighted by molar-refractivity contribution is 7.99. The van der Waals surface area contributed by atoms with E-state index in [1.807, 2.05) is 31.9 Å². The van der Waals surface area contributed by atoms with Gasteiger partial charge in [-0.3, -0.25) is 24.7 Å². The van der Waals surface area contributed by atoms with E-state index in [0.717, 1.165) is 16.7 Å². The third-order valence-corrected chi connectivity index (χ3v) is 14.3. The average molecular weight is 830 g/mol. The lowest BCUT2D eigenvalue weighted by molar-refractivity contribution is -0.186. The number of esters is 3. The van der Waals surface area contributed by atoms with E-state index in [1.165, 1.54) is 39.0 Å². The summed E-state index contributed by atoms with van der Waals surface area (Å²) in [6, 6.07) is 3.15. The van der Waals surface area contributed by atoms with E-state index in [1.54, 1.807) is 12.1 Å². The van der Waals surface area contributed by atoms with E-state index in [0.29, 0.717) is 70.2 Å². The number of rotatable bonds is 6. The second-order valence-corrected chi connectivity index (χ2v) is 17.0. The fourth-order valence-electron chi connectivity index (χ4n) is 10.3. The fourth-order valence-corrected chi connectivity index (χ4v) is 12.0. The first kappa shape index (κ1) is 39.5. The molecule has 3 aromatic carbocycles. The molecule has 0 radical (unpaired) electrons. The lowest BCUT2D eigenvalue weighted by Gasteiger charge is -2.62. The summed E-state index contributed by atoms with van der Waals surface area (Å²) >= 11 is 1.45. The minimum Gasteiger partial charge on any atom is -0.504 e. The topological polar surface area (TPSA) is 175 Å². The van der Waals surface area contributed by atoms with Gasteiger partial charge in [-0.15, -0.1) is 18.3 Å². The van der Waals surface area contributed by atoms with E-state index >= 15 is 0 Å². The van der Waals surface area contributed by atoms with Crippen molar-refractivity contribution >= 4 is 29.7 Å². The number of hydrogen-bond acceptors (Lipinski definition) is 16. The Morgan fingerprint density at radius 2 is 1.81 bits per heavy atom. The minimum atomic E-state index is -1.42. The summed E-state index contributed by atoms with van der Waals surface area (Å²) in [6.07, 6.45) is 1.36. The molecule has 0 aliphatic carbocycles. The summed E-state index contributed by atoms with van der Waals surface area (Å²) in [4.78, 5) is 44.6. The molecule has 10 rings (SSSR count). The number of carbonyl (C=O) groups excluding carboxylic acids is 3. The van der Waals surface area contributed by atoms with Gasteiger partial charge >= 0.3 is 17.9 Å². The molecule has 0 saturated carbocycles. The van der Waals surface area contributed by atoms with Gasteiger partial charge in [-0.2, -0.15) is 0 Å². The number of piperazine rings is 1. The zero-order valence-electron chi connectivity index (χ0n) is 33.7. The van der Waals surface area contributed by atoms with Gasteiger partial charge in [0.1, 0.15) is 18.6 Å². The number of thioether (sulfide) groups is 1. The fraction of sp³-hybridized carbons (Fsp3) is 0.465. The molecule has 312 valence electrons. The maximum atomic E-state index is 14.9. The van der Waals surface area contributed by atoms with Crippen molar-refractivity contribution in [2.75, 3.05) is 47.0 Å². The SMILES string of the molecule is C=CCC(=O)Oc1cc2c(cc1OC)[C@@]1(CS[C@@H]3c4c(OC(C)=O)c(C)c5c(c4[C@@H](COC1=O)N1C3[C@H]3c4c(cc(C)c(OC)c4O)C[C@H]([C@@H]1O)N3C)OCO5)NCC2. The molecule has 0 amide bonds. The lowest BCUT2D eigenvalue weighted by atomic mass is 9.73. The molecule has 15 nitrogen and oxygen atoms in total. The molecule has 1 unspecified atom stereocenters. The number of hydrogen-bond donors (Lipinski definition) is 3. The molecule has 7 aliphatic heterocycles. The number of nitrogens with one attached hydrogen (secondary N) is 1. The molecule has 3 aromatic rings. The smallest absolute Gasteiger partial charge is 0.331 e. The summed E-state index contributed by atoms with van der Waals surface area (Å²) < 4.78 is 42.0. The van der Waals surface area contributed by atoms with Crippen LogP contribution in [0.3, 0.4) is 0 Å². The number of nitrogens with zero attached hydrogens (tertiary/aromatic N) is 2. The molecule has 59 heavy (non-hydrogen) atoms. The molecule has 7 heterocycles. The van der Waals surface area contributed by atoms with Crippen LogP contribution in [-0.4, -0.2) is 103 Å². The van der Waals surface area contributed by atoms with E-state index in [4.69, 9.17) is 33.2 Å². The zero-order valence-corrected chi connectivity index (χ0v) is 34.5. The summed E-state index contributed by atoms with van der Waals surface area (Å²) in [6.45, 7) is 8.78. The Labute approximate surface area is 345 Å². The van der Waals surface area contributed by atoms with Crippen molar-refractivity contribution in [3.8, 4) is 40.2 Å². The number of phenolic OH excluding ortho intramolecular Hbond substituents is 1. The second-order valence-electron chi connectivity index (χ2n) is 15.9. The Bertz CT molecular complexity index is 2320. The number of aromatic hydroxyl groups is 1. The van der Waals surface area contributed by atoms with Gasteiger partial charge in [-0.1, -0.05) is 12.1 Å². The Morgan fingerprint density at radius 3 is 2.54 bits per heavy atom. The van der Waals surface area contributed by atoms with Gasteiger partial charge in [0.05, 0.1) is 44.0 Å². The zero-order chi connectivity index (χ0) is 41.7. The van der Waals surface area contributed by atoms with Crippen LogP contribution in [0.1, 0.15) is 75.2 Å². The Hall–Kier alpha value is -5.00. The van der Waals surface area contributed by atoms with Crippen LogP contribution in [0.25, 0.3) is 0 Å². The number of likely N-dealkylation sites (N-methyl/N-ethyl adjacent to an activating group) is 1. The van der Waals surface area contributed by atoms with Crippen molar-refractivity contribution in [1.29, 1.82) is 0 Å². The summed E-state index contributed by atoms with van der Waals surface area (Å²) in [5, 5.41) is 27.6. The van der Waals surface area contributed by atoms with E-state index in [9.17, 15) is 24.6 Å². The van der Waals surface area contributed by atoms with Crippen LogP contribution in [0.2, 0.25) is 0 Å². The highest BCUT2D eigenvalue weighted by atomic mass is 32.2. The van der Waals surface area contributed by atoms with Crippen LogP contribution >= 0.6 is 11.8 Å². The predicted molar refractivity (Wildman–Crippen MR) is 213 cm³/mol. The van der Waals surface area contributed by atoms with Crippen LogP contribution in [0.4, 0.5) is 0 Å². The van der Waals surface area contributed by atoms with Gasteiger partial charge in [0, 0.05) is 47.5 Å². The molecule has 2 fully saturated rings. The third kappa shape index (κ3) is 5.81. The van der Waals surface area contributed by atoms with Gasteiger partial charge in [0.15, 0.2) is 40.0 Å². The largest absolute Gasteiger partial charge is 0.504 e. The molecule has 2 saturated heterocycles. The number of aliphatic hydroxyl groups excluding tert-OH is 1.